The average molecular weight is 293 g/mol. The van der Waals surface area contributed by atoms with Gasteiger partial charge < -0.3 is 19.5 Å². The van der Waals surface area contributed by atoms with Crippen LogP contribution >= 0.6 is 0 Å². The Hall–Kier alpha value is -2.12. The molecular formula is C13H19N5O3. The molecule has 2 aliphatic heterocycles. The molecule has 1 N–H and O–H groups in total. The lowest BCUT2D eigenvalue weighted by atomic mass is 9.94. The molecule has 3 heterocycles. The number of aromatic nitrogens is 3. The average Bonchev–Trinajstić information content (AvgIpc) is 2.94. The van der Waals surface area contributed by atoms with E-state index in [1.54, 1.807) is 11.2 Å². The molecule has 0 aromatic carbocycles. The second-order valence-corrected chi connectivity index (χ2v) is 5.67. The van der Waals surface area contributed by atoms with Crippen molar-refractivity contribution in [3.05, 3.63) is 12.2 Å². The predicted octanol–water partition coefficient (Wildman–Crippen LogP) is 0.400. The van der Waals surface area contributed by atoms with Crippen LogP contribution in [-0.4, -0.2) is 61.3 Å². The molecule has 0 radical (unpaired) electrons. The SMILES string of the molecule is O=C(O)CC1CCN(C(=O)N2CCn3cnnc3C2)CC1. The molecule has 3 rings (SSSR count). The monoisotopic (exact) mass is 293 g/mol. The molecule has 0 saturated carbocycles. The zero-order valence-corrected chi connectivity index (χ0v) is 11.8. The van der Waals surface area contributed by atoms with Gasteiger partial charge in [0, 0.05) is 32.6 Å². The largest absolute Gasteiger partial charge is 0.481 e. The number of hydrogen-bond acceptors (Lipinski definition) is 4. The minimum Gasteiger partial charge on any atom is -0.481 e. The predicted molar refractivity (Wildman–Crippen MR) is 72.4 cm³/mol. The first kappa shape index (κ1) is 13.8. The fourth-order valence-corrected chi connectivity index (χ4v) is 3.00. The summed E-state index contributed by atoms with van der Waals surface area (Å²) in [5, 5.41) is 16.7. The summed E-state index contributed by atoms with van der Waals surface area (Å²) in [5.41, 5.74) is 0. The number of carbonyl (C=O) groups excluding carboxylic acids is 1. The van der Waals surface area contributed by atoms with Crippen molar-refractivity contribution >= 4 is 12.0 Å². The Kier molecular flexibility index (Phi) is 3.76. The third-order valence-electron chi connectivity index (χ3n) is 4.26. The van der Waals surface area contributed by atoms with Crippen LogP contribution in [0.5, 0.6) is 0 Å². The van der Waals surface area contributed by atoms with Gasteiger partial charge in [-0.15, -0.1) is 10.2 Å². The third-order valence-corrected chi connectivity index (χ3v) is 4.26. The highest BCUT2D eigenvalue weighted by Gasteiger charge is 2.29. The molecule has 21 heavy (non-hydrogen) atoms. The molecule has 0 aliphatic carbocycles. The molecule has 1 aromatic rings. The lowest BCUT2D eigenvalue weighted by Gasteiger charge is -2.36. The lowest BCUT2D eigenvalue weighted by molar-refractivity contribution is -0.138. The van der Waals surface area contributed by atoms with E-state index < -0.39 is 5.97 Å². The molecule has 0 unspecified atom stereocenters. The molecule has 0 atom stereocenters. The molecule has 2 aliphatic rings. The maximum Gasteiger partial charge on any atom is 0.320 e. The number of carboxylic acids is 1. The number of carbonyl (C=O) groups is 2. The van der Waals surface area contributed by atoms with Crippen LogP contribution < -0.4 is 0 Å². The van der Waals surface area contributed by atoms with E-state index in [0.717, 1.165) is 25.2 Å². The standard InChI is InChI=1S/C13H19N5O3/c19-12(20)7-10-1-3-16(4-2-10)13(21)17-5-6-18-9-14-15-11(18)8-17/h9-10H,1-8H2,(H,19,20). The summed E-state index contributed by atoms with van der Waals surface area (Å²) in [6, 6.07) is 0.0259. The van der Waals surface area contributed by atoms with Gasteiger partial charge in [-0.25, -0.2) is 4.79 Å². The van der Waals surface area contributed by atoms with Crippen molar-refractivity contribution < 1.29 is 14.7 Å². The van der Waals surface area contributed by atoms with Crippen molar-refractivity contribution in [2.45, 2.75) is 32.4 Å². The van der Waals surface area contributed by atoms with E-state index in [-0.39, 0.29) is 18.4 Å². The molecule has 1 saturated heterocycles. The zero-order valence-electron chi connectivity index (χ0n) is 11.8. The van der Waals surface area contributed by atoms with Crippen LogP contribution in [-0.2, 0) is 17.9 Å². The summed E-state index contributed by atoms with van der Waals surface area (Å²) in [6.07, 6.45) is 3.42. The Bertz CT molecular complexity index is 536. The van der Waals surface area contributed by atoms with Gasteiger partial charge in [0.2, 0.25) is 0 Å². The number of aliphatic carboxylic acids is 1. The Balaban J connectivity index is 1.54. The van der Waals surface area contributed by atoms with Crippen molar-refractivity contribution in [3.63, 3.8) is 0 Å². The first-order chi connectivity index (χ1) is 10.1. The Morgan fingerprint density at radius 1 is 1.19 bits per heavy atom. The van der Waals surface area contributed by atoms with Crippen LogP contribution in [0.1, 0.15) is 25.1 Å². The number of hydrogen-bond donors (Lipinski definition) is 1. The minimum absolute atomic E-state index is 0.0259. The quantitative estimate of drug-likeness (QED) is 0.852. The maximum atomic E-state index is 12.5. The highest BCUT2D eigenvalue weighted by Crippen LogP contribution is 2.22. The fourth-order valence-electron chi connectivity index (χ4n) is 3.00. The van der Waals surface area contributed by atoms with Gasteiger partial charge in [0.1, 0.15) is 6.33 Å². The van der Waals surface area contributed by atoms with Crippen molar-refractivity contribution in [2.75, 3.05) is 19.6 Å². The number of amides is 2. The lowest BCUT2D eigenvalue weighted by Crippen LogP contribution is -2.49. The van der Waals surface area contributed by atoms with Gasteiger partial charge in [-0.1, -0.05) is 0 Å². The van der Waals surface area contributed by atoms with E-state index in [4.69, 9.17) is 5.11 Å². The number of nitrogens with zero attached hydrogens (tertiary/aromatic N) is 5. The normalized spacial score (nSPS) is 19.4. The van der Waals surface area contributed by atoms with Gasteiger partial charge in [-0.3, -0.25) is 4.79 Å². The molecule has 0 spiro atoms. The highest BCUT2D eigenvalue weighted by atomic mass is 16.4. The van der Waals surface area contributed by atoms with Crippen LogP contribution in [0.15, 0.2) is 6.33 Å². The summed E-state index contributed by atoms with van der Waals surface area (Å²) in [7, 11) is 0. The minimum atomic E-state index is -0.754. The molecule has 1 aromatic heterocycles. The van der Waals surface area contributed by atoms with E-state index in [9.17, 15) is 9.59 Å². The second-order valence-electron chi connectivity index (χ2n) is 5.67. The van der Waals surface area contributed by atoms with Gasteiger partial charge in [-0.05, 0) is 18.8 Å². The number of carboxylic acid groups (broad SMARTS) is 1. The number of likely N-dealkylation sites (tertiary alicyclic amines) is 1. The van der Waals surface area contributed by atoms with Gasteiger partial charge in [0.15, 0.2) is 5.82 Å². The van der Waals surface area contributed by atoms with Crippen molar-refractivity contribution in [1.82, 2.24) is 24.6 Å². The van der Waals surface area contributed by atoms with E-state index in [1.807, 2.05) is 9.47 Å². The van der Waals surface area contributed by atoms with Gasteiger partial charge in [-0.2, -0.15) is 0 Å². The first-order valence-electron chi connectivity index (χ1n) is 7.26. The van der Waals surface area contributed by atoms with Crippen LogP contribution in [0.4, 0.5) is 4.79 Å². The zero-order chi connectivity index (χ0) is 14.8. The molecule has 8 heteroatoms. The molecule has 1 fully saturated rings. The third kappa shape index (κ3) is 2.98. The summed E-state index contributed by atoms with van der Waals surface area (Å²) in [4.78, 5) is 26.8. The van der Waals surface area contributed by atoms with Crippen LogP contribution in [0.2, 0.25) is 0 Å². The summed E-state index contributed by atoms with van der Waals surface area (Å²) in [6.45, 7) is 3.16. The van der Waals surface area contributed by atoms with Crippen LogP contribution in [0.3, 0.4) is 0 Å². The van der Waals surface area contributed by atoms with E-state index >= 15 is 0 Å². The van der Waals surface area contributed by atoms with Crippen LogP contribution in [0.25, 0.3) is 0 Å². The molecule has 0 bridgehead atoms. The Morgan fingerprint density at radius 3 is 2.67 bits per heavy atom. The molecule has 114 valence electrons. The van der Waals surface area contributed by atoms with Crippen LogP contribution in [0, 0.1) is 5.92 Å². The summed E-state index contributed by atoms with van der Waals surface area (Å²) < 4.78 is 1.96. The Labute approximate surface area is 122 Å². The topological polar surface area (TPSA) is 91.6 Å². The molecular weight excluding hydrogens is 274 g/mol. The second kappa shape index (κ2) is 5.71. The number of piperidine rings is 1. The van der Waals surface area contributed by atoms with Crippen molar-refractivity contribution in [1.29, 1.82) is 0 Å². The number of urea groups is 1. The Morgan fingerprint density at radius 2 is 1.95 bits per heavy atom. The fraction of sp³-hybridized carbons (Fsp3) is 0.692. The van der Waals surface area contributed by atoms with Crippen molar-refractivity contribution in [3.8, 4) is 0 Å². The van der Waals surface area contributed by atoms with Gasteiger partial charge >= 0.3 is 12.0 Å². The highest BCUT2D eigenvalue weighted by molar-refractivity contribution is 5.74. The summed E-state index contributed by atoms with van der Waals surface area (Å²) in [5.74, 6) is 0.251. The molecule has 2 amide bonds. The maximum absolute atomic E-state index is 12.5. The van der Waals surface area contributed by atoms with Crippen molar-refractivity contribution in [2.24, 2.45) is 5.92 Å². The number of fused-ring (bicyclic) bond motifs is 1. The summed E-state index contributed by atoms with van der Waals surface area (Å²) >= 11 is 0. The first-order valence-corrected chi connectivity index (χ1v) is 7.26. The smallest absolute Gasteiger partial charge is 0.320 e. The number of rotatable bonds is 2. The van der Waals surface area contributed by atoms with Gasteiger partial charge in [0.05, 0.1) is 6.54 Å². The molecule has 8 nitrogen and oxygen atoms in total. The van der Waals surface area contributed by atoms with E-state index in [1.165, 1.54) is 0 Å². The van der Waals surface area contributed by atoms with Gasteiger partial charge in [0.25, 0.3) is 0 Å². The van der Waals surface area contributed by atoms with E-state index in [2.05, 4.69) is 10.2 Å². The van der Waals surface area contributed by atoms with E-state index in [0.29, 0.717) is 26.2 Å².